The number of benzene rings is 1. The smallest absolute Gasteiger partial charge is 0.0143 e. The van der Waals surface area contributed by atoms with Gasteiger partial charge in [-0.25, -0.2) is 0 Å². The van der Waals surface area contributed by atoms with Crippen LogP contribution < -0.4 is 10.6 Å². The molecule has 0 aromatic heterocycles. The Labute approximate surface area is 149 Å². The molecule has 1 fully saturated rings. The van der Waals surface area contributed by atoms with Gasteiger partial charge in [0.05, 0.1) is 0 Å². The second-order valence-corrected chi connectivity index (χ2v) is 7.39. The van der Waals surface area contributed by atoms with Crippen molar-refractivity contribution in [1.82, 2.24) is 10.6 Å². The highest BCUT2D eigenvalue weighted by Crippen LogP contribution is 2.40. The minimum Gasteiger partial charge on any atom is -0.315 e. The fourth-order valence-electron chi connectivity index (χ4n) is 3.52. The first-order valence-corrected chi connectivity index (χ1v) is 10.4. The molecule has 0 saturated heterocycles. The van der Waals surface area contributed by atoms with E-state index in [2.05, 4.69) is 47.9 Å². The summed E-state index contributed by atoms with van der Waals surface area (Å²) in [6.07, 6.45) is 14.0. The van der Waals surface area contributed by atoms with Gasteiger partial charge in [0, 0.05) is 25.0 Å². The van der Waals surface area contributed by atoms with E-state index in [1.54, 1.807) is 0 Å². The molecule has 2 N–H and O–H groups in total. The van der Waals surface area contributed by atoms with E-state index in [0.717, 1.165) is 19.0 Å². The quantitative estimate of drug-likeness (QED) is 0.429. The van der Waals surface area contributed by atoms with Crippen molar-refractivity contribution in [3.63, 3.8) is 0 Å². The molecule has 24 heavy (non-hydrogen) atoms. The summed E-state index contributed by atoms with van der Waals surface area (Å²) in [4.78, 5) is 0. The third-order valence-corrected chi connectivity index (χ3v) is 5.18. The monoisotopic (exact) mass is 330 g/mol. The molecule has 2 nitrogen and oxygen atoms in total. The number of hydrogen-bond donors (Lipinski definition) is 2. The molecule has 1 aliphatic carbocycles. The SMILES string of the molecule is CCCCCCCCCCCNCCNC1CC1c1ccccc1. The van der Waals surface area contributed by atoms with Gasteiger partial charge in [-0.3, -0.25) is 0 Å². The molecule has 0 radical (unpaired) electrons. The van der Waals surface area contributed by atoms with Crippen LogP contribution in [0.25, 0.3) is 0 Å². The Morgan fingerprint density at radius 3 is 2.17 bits per heavy atom. The first-order chi connectivity index (χ1) is 11.9. The zero-order valence-electron chi connectivity index (χ0n) is 15.7. The minimum atomic E-state index is 0.710. The molecule has 1 saturated carbocycles. The van der Waals surface area contributed by atoms with Gasteiger partial charge in [0.25, 0.3) is 0 Å². The predicted molar refractivity (Wildman–Crippen MR) is 106 cm³/mol. The molecule has 1 aromatic carbocycles. The molecular weight excluding hydrogens is 292 g/mol. The zero-order valence-corrected chi connectivity index (χ0v) is 15.7. The van der Waals surface area contributed by atoms with E-state index in [1.807, 2.05) is 0 Å². The minimum absolute atomic E-state index is 0.710. The van der Waals surface area contributed by atoms with Crippen molar-refractivity contribution in [3.8, 4) is 0 Å². The van der Waals surface area contributed by atoms with E-state index in [-0.39, 0.29) is 0 Å². The van der Waals surface area contributed by atoms with Crippen LogP contribution in [0.4, 0.5) is 0 Å². The number of hydrogen-bond acceptors (Lipinski definition) is 2. The Morgan fingerprint density at radius 1 is 0.792 bits per heavy atom. The lowest BCUT2D eigenvalue weighted by Gasteiger charge is -2.07. The van der Waals surface area contributed by atoms with Crippen molar-refractivity contribution in [2.75, 3.05) is 19.6 Å². The first-order valence-electron chi connectivity index (χ1n) is 10.4. The molecule has 2 rings (SSSR count). The maximum atomic E-state index is 3.68. The van der Waals surface area contributed by atoms with Crippen molar-refractivity contribution in [2.45, 2.75) is 83.1 Å². The van der Waals surface area contributed by atoms with E-state index in [9.17, 15) is 0 Å². The maximum Gasteiger partial charge on any atom is 0.0143 e. The van der Waals surface area contributed by atoms with E-state index in [0.29, 0.717) is 6.04 Å². The van der Waals surface area contributed by atoms with Gasteiger partial charge in [0.1, 0.15) is 0 Å². The number of unbranched alkanes of at least 4 members (excludes halogenated alkanes) is 8. The largest absolute Gasteiger partial charge is 0.315 e. The molecule has 0 spiro atoms. The van der Waals surface area contributed by atoms with E-state index in [4.69, 9.17) is 0 Å². The Morgan fingerprint density at radius 2 is 1.46 bits per heavy atom. The van der Waals surface area contributed by atoms with Crippen molar-refractivity contribution >= 4 is 0 Å². The number of rotatable bonds is 15. The first kappa shape index (κ1) is 19.5. The fraction of sp³-hybridized carbons (Fsp3) is 0.727. The third kappa shape index (κ3) is 8.30. The van der Waals surface area contributed by atoms with E-state index >= 15 is 0 Å². The molecule has 2 atom stereocenters. The van der Waals surface area contributed by atoms with Crippen LogP contribution in [-0.2, 0) is 0 Å². The zero-order chi connectivity index (χ0) is 16.9. The average molecular weight is 331 g/mol. The van der Waals surface area contributed by atoms with Gasteiger partial charge in [0.15, 0.2) is 0 Å². The molecule has 136 valence electrons. The Kier molecular flexibility index (Phi) is 10.1. The van der Waals surface area contributed by atoms with Crippen LogP contribution in [0.5, 0.6) is 0 Å². The standard InChI is InChI=1S/C22H38N2/c1-2-3-4-5-6-7-8-9-13-16-23-17-18-24-22-19-21(22)20-14-11-10-12-15-20/h10-12,14-15,21-24H,2-9,13,16-19H2,1H3. The molecule has 0 heterocycles. The van der Waals surface area contributed by atoms with Crippen LogP contribution in [0.2, 0.25) is 0 Å². The number of nitrogens with one attached hydrogen (secondary N) is 2. The summed E-state index contributed by atoms with van der Waals surface area (Å²) in [6, 6.07) is 11.6. The maximum absolute atomic E-state index is 3.68. The van der Waals surface area contributed by atoms with Gasteiger partial charge in [-0.05, 0) is 24.9 Å². The summed E-state index contributed by atoms with van der Waals surface area (Å²) < 4.78 is 0. The van der Waals surface area contributed by atoms with Crippen LogP contribution in [0.15, 0.2) is 30.3 Å². The highest BCUT2D eigenvalue weighted by molar-refractivity contribution is 5.27. The second kappa shape index (κ2) is 12.5. The third-order valence-electron chi connectivity index (χ3n) is 5.18. The highest BCUT2D eigenvalue weighted by atomic mass is 15.0. The predicted octanol–water partition coefficient (Wildman–Crippen LogP) is 5.25. The van der Waals surface area contributed by atoms with Crippen molar-refractivity contribution < 1.29 is 0 Å². The summed E-state index contributed by atoms with van der Waals surface area (Å²) in [5.74, 6) is 0.753. The summed E-state index contributed by atoms with van der Waals surface area (Å²) in [5, 5.41) is 7.26. The van der Waals surface area contributed by atoms with Gasteiger partial charge < -0.3 is 10.6 Å². The molecule has 1 aliphatic rings. The Hall–Kier alpha value is -0.860. The van der Waals surface area contributed by atoms with Crippen LogP contribution in [0.3, 0.4) is 0 Å². The molecular formula is C22H38N2. The topological polar surface area (TPSA) is 24.1 Å². The van der Waals surface area contributed by atoms with Gasteiger partial charge in [-0.2, -0.15) is 0 Å². The van der Waals surface area contributed by atoms with Crippen LogP contribution in [-0.4, -0.2) is 25.7 Å². The summed E-state index contributed by atoms with van der Waals surface area (Å²) in [7, 11) is 0. The van der Waals surface area contributed by atoms with Crippen LogP contribution in [0, 0.1) is 0 Å². The summed E-state index contributed by atoms with van der Waals surface area (Å²) in [6.45, 7) is 5.68. The van der Waals surface area contributed by atoms with E-state index < -0.39 is 0 Å². The summed E-state index contributed by atoms with van der Waals surface area (Å²) >= 11 is 0. The molecule has 2 heteroatoms. The summed E-state index contributed by atoms with van der Waals surface area (Å²) in [5.41, 5.74) is 1.50. The van der Waals surface area contributed by atoms with Crippen molar-refractivity contribution in [1.29, 1.82) is 0 Å². The lowest BCUT2D eigenvalue weighted by atomic mass is 10.1. The second-order valence-electron chi connectivity index (χ2n) is 7.39. The van der Waals surface area contributed by atoms with Crippen molar-refractivity contribution in [2.24, 2.45) is 0 Å². The Balaban J connectivity index is 1.31. The normalized spacial score (nSPS) is 19.5. The fourth-order valence-corrected chi connectivity index (χ4v) is 3.52. The van der Waals surface area contributed by atoms with Crippen LogP contribution >= 0.6 is 0 Å². The van der Waals surface area contributed by atoms with E-state index in [1.165, 1.54) is 76.3 Å². The molecule has 1 aromatic rings. The average Bonchev–Trinajstić information content (AvgIpc) is 3.39. The Bertz CT molecular complexity index is 404. The van der Waals surface area contributed by atoms with Crippen LogP contribution in [0.1, 0.15) is 82.6 Å². The molecule has 0 aliphatic heterocycles. The lowest BCUT2D eigenvalue weighted by molar-refractivity contribution is 0.541. The molecule has 0 bridgehead atoms. The molecule has 0 amide bonds. The lowest BCUT2D eigenvalue weighted by Crippen LogP contribution is -2.29. The van der Waals surface area contributed by atoms with Gasteiger partial charge >= 0.3 is 0 Å². The molecule has 2 unspecified atom stereocenters. The van der Waals surface area contributed by atoms with Crippen molar-refractivity contribution in [3.05, 3.63) is 35.9 Å². The van der Waals surface area contributed by atoms with Gasteiger partial charge in [-0.15, -0.1) is 0 Å². The van der Waals surface area contributed by atoms with Gasteiger partial charge in [-0.1, -0.05) is 88.6 Å². The highest BCUT2D eigenvalue weighted by Gasteiger charge is 2.37. The van der Waals surface area contributed by atoms with Gasteiger partial charge in [0.2, 0.25) is 0 Å².